The van der Waals surface area contributed by atoms with E-state index in [1.54, 1.807) is 21.9 Å². The Morgan fingerprint density at radius 2 is 1.85 bits per heavy atom. The number of nitrogens with one attached hydrogen (secondary N) is 1. The molecule has 4 aromatic rings. The van der Waals surface area contributed by atoms with Gasteiger partial charge in [0.25, 0.3) is 11.1 Å². The van der Waals surface area contributed by atoms with E-state index in [0.717, 1.165) is 25.5 Å². The van der Waals surface area contributed by atoms with Crippen molar-refractivity contribution in [3.63, 3.8) is 0 Å². The van der Waals surface area contributed by atoms with E-state index in [9.17, 15) is 27.2 Å². The van der Waals surface area contributed by atoms with Crippen LogP contribution in [0, 0.1) is 5.82 Å². The molecular weight excluding hydrogens is 524 g/mol. The van der Waals surface area contributed by atoms with E-state index in [1.165, 1.54) is 18.5 Å². The third kappa shape index (κ3) is 7.37. The Kier molecular flexibility index (Phi) is 9.71. The molecule has 4 N–H and O–H groups in total. The summed E-state index contributed by atoms with van der Waals surface area (Å²) in [5, 5.41) is 14.5. The Hall–Kier alpha value is -4.33. The number of rotatable bonds is 8. The van der Waals surface area contributed by atoms with Gasteiger partial charge < -0.3 is 20.1 Å². The van der Waals surface area contributed by atoms with E-state index in [2.05, 4.69) is 22.0 Å². The van der Waals surface area contributed by atoms with Crippen LogP contribution in [-0.4, -0.2) is 43.1 Å². The number of anilines is 1. The Morgan fingerprint density at radius 1 is 1.13 bits per heavy atom. The van der Waals surface area contributed by atoms with Gasteiger partial charge in [0, 0.05) is 12.7 Å². The van der Waals surface area contributed by atoms with E-state index < -0.39 is 28.8 Å². The molecule has 0 aliphatic heterocycles. The number of hydrogen-bond donors (Lipinski definition) is 3. The number of nitrogens with zero attached hydrogens (tertiary/aromatic N) is 4. The third-order valence-electron chi connectivity index (χ3n) is 5.47. The number of ether oxygens (including phenoxy) is 1. The number of H-pyrrole nitrogens is 1. The van der Waals surface area contributed by atoms with Gasteiger partial charge >= 0.3 is 6.18 Å². The fourth-order valence-electron chi connectivity index (χ4n) is 3.58. The second-order valence-electron chi connectivity index (χ2n) is 8.28. The molecule has 0 fully saturated rings. The topological polar surface area (TPSA) is 149 Å². The molecule has 14 heteroatoms. The first-order valence-electron chi connectivity index (χ1n) is 11.9. The van der Waals surface area contributed by atoms with Crippen LogP contribution in [0.5, 0.6) is 5.75 Å². The van der Waals surface area contributed by atoms with Gasteiger partial charge in [-0.3, -0.25) is 9.59 Å². The van der Waals surface area contributed by atoms with Crippen molar-refractivity contribution >= 4 is 16.5 Å². The maximum atomic E-state index is 14.6. The molecule has 10 nitrogen and oxygen atoms in total. The minimum absolute atomic E-state index is 0.114. The Balaban J connectivity index is 0.000000293. The molecule has 0 radical (unpaired) electrons. The van der Waals surface area contributed by atoms with Crippen LogP contribution in [0.15, 0.2) is 52.6 Å². The van der Waals surface area contributed by atoms with Crippen LogP contribution in [0.1, 0.15) is 31.7 Å². The summed E-state index contributed by atoms with van der Waals surface area (Å²) in [5.74, 6) is 0.0526. The number of halogens is 4. The SMILES string of the molecule is CCCCCn1ccc2cc(-c3ncc(OCCO)cn3)c(F)cc2c1=O.Nc1cn[nH]c(=O)c1C(F)(F)F. The van der Waals surface area contributed by atoms with Gasteiger partial charge in [-0.1, -0.05) is 19.8 Å². The number of aromatic nitrogens is 5. The Morgan fingerprint density at radius 3 is 2.44 bits per heavy atom. The number of unbranched alkanes of at least 4 members (excludes halogenated alkanes) is 2. The highest BCUT2D eigenvalue weighted by Gasteiger charge is 2.36. The number of alkyl halides is 3. The second kappa shape index (κ2) is 13.0. The van der Waals surface area contributed by atoms with Crippen LogP contribution in [0.3, 0.4) is 0 Å². The molecule has 0 aliphatic carbocycles. The monoisotopic (exact) mass is 550 g/mol. The minimum Gasteiger partial charge on any atom is -0.488 e. The number of aromatic amines is 1. The predicted molar refractivity (Wildman–Crippen MR) is 136 cm³/mol. The molecule has 3 heterocycles. The maximum Gasteiger partial charge on any atom is 0.423 e. The molecule has 208 valence electrons. The number of hydrogen-bond acceptors (Lipinski definition) is 8. The zero-order chi connectivity index (χ0) is 28.6. The van der Waals surface area contributed by atoms with Crippen LogP contribution in [0.25, 0.3) is 22.2 Å². The Bertz CT molecular complexity index is 1520. The van der Waals surface area contributed by atoms with Crippen LogP contribution in [-0.2, 0) is 12.7 Å². The lowest BCUT2D eigenvalue weighted by atomic mass is 10.1. The van der Waals surface area contributed by atoms with E-state index in [4.69, 9.17) is 15.6 Å². The lowest BCUT2D eigenvalue weighted by Gasteiger charge is -2.09. The summed E-state index contributed by atoms with van der Waals surface area (Å²) in [7, 11) is 0. The highest BCUT2D eigenvalue weighted by Crippen LogP contribution is 2.29. The number of nitrogens with two attached hydrogens (primary N) is 1. The van der Waals surface area contributed by atoms with Crippen LogP contribution >= 0.6 is 0 Å². The largest absolute Gasteiger partial charge is 0.488 e. The summed E-state index contributed by atoms with van der Waals surface area (Å²) in [6, 6.07) is 4.65. The second-order valence-corrected chi connectivity index (χ2v) is 8.28. The van der Waals surface area contributed by atoms with E-state index in [1.807, 2.05) is 6.07 Å². The summed E-state index contributed by atoms with van der Waals surface area (Å²) in [6.45, 7) is 2.76. The zero-order valence-corrected chi connectivity index (χ0v) is 20.8. The summed E-state index contributed by atoms with van der Waals surface area (Å²) in [5.41, 5.74) is 1.52. The fourth-order valence-corrected chi connectivity index (χ4v) is 3.58. The first-order chi connectivity index (χ1) is 18.6. The van der Waals surface area contributed by atoms with E-state index >= 15 is 0 Å². The number of benzene rings is 1. The molecule has 0 atom stereocenters. The summed E-state index contributed by atoms with van der Waals surface area (Å²) in [6.07, 6.45) is 3.64. The zero-order valence-electron chi connectivity index (χ0n) is 20.8. The quantitative estimate of drug-likeness (QED) is 0.223. The minimum atomic E-state index is -4.74. The van der Waals surface area contributed by atoms with Crippen molar-refractivity contribution in [1.29, 1.82) is 0 Å². The fraction of sp³-hybridized carbons (Fsp3) is 0.320. The smallest absolute Gasteiger partial charge is 0.423 e. The van der Waals surface area contributed by atoms with Crippen molar-refractivity contribution in [2.75, 3.05) is 18.9 Å². The molecule has 0 saturated carbocycles. The van der Waals surface area contributed by atoms with Gasteiger partial charge in [-0.05, 0) is 30.0 Å². The molecule has 1 aromatic carbocycles. The first kappa shape index (κ1) is 29.2. The van der Waals surface area contributed by atoms with E-state index in [-0.39, 0.29) is 30.2 Å². The van der Waals surface area contributed by atoms with Gasteiger partial charge in [0.05, 0.1) is 41.8 Å². The first-order valence-corrected chi connectivity index (χ1v) is 11.9. The highest BCUT2D eigenvalue weighted by molar-refractivity contribution is 5.86. The van der Waals surface area contributed by atoms with Gasteiger partial charge in [0.2, 0.25) is 0 Å². The summed E-state index contributed by atoms with van der Waals surface area (Å²) >= 11 is 0. The van der Waals surface area contributed by atoms with Crippen molar-refractivity contribution in [2.45, 2.75) is 38.9 Å². The molecule has 0 saturated heterocycles. The van der Waals surface area contributed by atoms with Crippen molar-refractivity contribution < 1.29 is 27.4 Å². The average molecular weight is 551 g/mol. The molecule has 0 unspecified atom stereocenters. The van der Waals surface area contributed by atoms with Crippen molar-refractivity contribution in [2.24, 2.45) is 0 Å². The van der Waals surface area contributed by atoms with Gasteiger partial charge in [-0.2, -0.15) is 18.3 Å². The maximum absolute atomic E-state index is 14.6. The average Bonchev–Trinajstić information content (AvgIpc) is 2.89. The molecule has 4 rings (SSSR count). The Labute approximate surface area is 219 Å². The summed E-state index contributed by atoms with van der Waals surface area (Å²) in [4.78, 5) is 31.4. The molecule has 0 aliphatic rings. The third-order valence-corrected chi connectivity index (χ3v) is 5.47. The summed E-state index contributed by atoms with van der Waals surface area (Å²) < 4.78 is 57.4. The van der Waals surface area contributed by atoms with Crippen molar-refractivity contribution in [3.8, 4) is 17.1 Å². The van der Waals surface area contributed by atoms with Gasteiger partial charge in [-0.15, -0.1) is 0 Å². The molecule has 39 heavy (non-hydrogen) atoms. The lowest BCUT2D eigenvalue weighted by molar-refractivity contribution is -0.138. The molecule has 0 spiro atoms. The van der Waals surface area contributed by atoms with Crippen molar-refractivity contribution in [3.05, 3.63) is 75.1 Å². The lowest BCUT2D eigenvalue weighted by Crippen LogP contribution is -2.24. The van der Waals surface area contributed by atoms with Gasteiger partial charge in [-0.25, -0.2) is 19.5 Å². The van der Waals surface area contributed by atoms with E-state index in [0.29, 0.717) is 23.1 Å². The number of pyridine rings is 1. The standard InChI is InChI=1S/C20H22FN3O3.C5H4F3N3O/c1-2-3-4-6-24-7-5-14-10-17(18(21)11-16(14)20(24)26)19-22-12-15(13-23-19)27-9-8-25;6-5(7,8)3-2(9)1-10-11-4(3)12/h5,7,10-13,25H,2-4,6,8-9H2,1H3;1H,(H3,9,11,12). The molecule has 3 aromatic heterocycles. The van der Waals surface area contributed by atoms with Crippen LogP contribution in [0.2, 0.25) is 0 Å². The number of aliphatic hydroxyl groups excluding tert-OH is 1. The highest BCUT2D eigenvalue weighted by atomic mass is 19.4. The number of fused-ring (bicyclic) bond motifs is 1. The van der Waals surface area contributed by atoms with Gasteiger partial charge in [0.1, 0.15) is 18.0 Å². The van der Waals surface area contributed by atoms with Crippen LogP contribution in [0.4, 0.5) is 23.2 Å². The van der Waals surface area contributed by atoms with Crippen molar-refractivity contribution in [1.82, 2.24) is 24.7 Å². The molecular formula is C25H26F4N6O4. The number of aryl methyl sites for hydroxylation is 1. The molecule has 0 amide bonds. The number of nitrogen functional groups attached to an aromatic ring is 1. The predicted octanol–water partition coefficient (Wildman–Crippen LogP) is 3.53. The normalized spacial score (nSPS) is 11.2. The van der Waals surface area contributed by atoms with Crippen LogP contribution < -0.4 is 21.6 Å². The molecule has 0 bridgehead atoms. The number of aliphatic hydroxyl groups is 1. The van der Waals surface area contributed by atoms with Gasteiger partial charge in [0.15, 0.2) is 11.6 Å².